The third-order valence-electron chi connectivity index (χ3n) is 23.3. The lowest BCUT2D eigenvalue weighted by atomic mass is 10.0. The van der Waals surface area contributed by atoms with E-state index < -0.39 is 0 Å². The van der Waals surface area contributed by atoms with Crippen molar-refractivity contribution < 1.29 is 0 Å². The van der Waals surface area contributed by atoms with Crippen LogP contribution in [0.2, 0.25) is 0 Å². The van der Waals surface area contributed by atoms with Crippen LogP contribution < -0.4 is 0 Å². The number of hydrogen-bond donors (Lipinski definition) is 0. The van der Waals surface area contributed by atoms with Gasteiger partial charge in [-0.3, -0.25) is 15.0 Å². The fourth-order valence-electron chi connectivity index (χ4n) is 18.9. The van der Waals surface area contributed by atoms with Crippen LogP contribution in [-0.4, -0.2) is 46.9 Å². The monoisotopic (exact) mass is 1410 g/mol. The summed E-state index contributed by atoms with van der Waals surface area (Å²) in [5.41, 5.74) is 26.5. The maximum Gasteiger partial charge on any atom is 0.105 e. The largest absolute Gasteiger partial charge is 0.309 e. The highest BCUT2D eigenvalue weighted by molar-refractivity contribution is 6.20. The average Bonchev–Trinajstić information content (AvgIpc) is 1.56. The van der Waals surface area contributed by atoms with Crippen LogP contribution >= 0.6 is 0 Å². The molecule has 24 aromatic rings. The van der Waals surface area contributed by atoms with E-state index in [9.17, 15) is 5.26 Å². The van der Waals surface area contributed by atoms with Crippen molar-refractivity contribution in [3.05, 3.63) is 364 Å². The molecule has 14 aromatic carbocycles. The minimum absolute atomic E-state index is 0.420. The molecule has 0 N–H and O–H groups in total. The van der Waals surface area contributed by atoms with Gasteiger partial charge in [0.15, 0.2) is 0 Å². The summed E-state index contributed by atoms with van der Waals surface area (Å²) in [7, 11) is 0. The third-order valence-corrected chi connectivity index (χ3v) is 23.3. The predicted molar refractivity (Wildman–Crippen MR) is 456 cm³/mol. The summed E-state index contributed by atoms with van der Waals surface area (Å²) in [5.74, 6) is 0. The molecule has 0 unspecified atom stereocenters. The first-order valence-corrected chi connectivity index (χ1v) is 37.6. The molecule has 0 fully saturated rings. The molecule has 0 aliphatic carbocycles. The van der Waals surface area contributed by atoms with Crippen molar-refractivity contribution in [3.63, 3.8) is 0 Å². The minimum Gasteiger partial charge on any atom is -0.309 e. The second-order valence-electron chi connectivity index (χ2n) is 28.8. The first-order valence-electron chi connectivity index (χ1n) is 37.6. The van der Waals surface area contributed by atoms with Gasteiger partial charge in [0.1, 0.15) is 11.6 Å². The Kier molecular flexibility index (Phi) is 12.8. The van der Waals surface area contributed by atoms with Crippen LogP contribution in [0.5, 0.6) is 0 Å². The van der Waals surface area contributed by atoms with E-state index in [2.05, 4.69) is 366 Å². The molecule has 11 heteroatoms. The smallest absolute Gasteiger partial charge is 0.105 e. The maximum absolute atomic E-state index is 13.6. The zero-order valence-electron chi connectivity index (χ0n) is 59.5. The molecule has 0 spiro atoms. The summed E-state index contributed by atoms with van der Waals surface area (Å²) >= 11 is 0. The molecular formula is C100H59N11. The topological polar surface area (TPSA) is 97.0 Å². The number of hydrogen-bond acceptors (Lipinski definition) is 4. The lowest BCUT2D eigenvalue weighted by Crippen LogP contribution is -2.19. The Morgan fingerprint density at radius 1 is 0.207 bits per heavy atom. The Labute approximate surface area is 633 Å². The van der Waals surface area contributed by atoms with Gasteiger partial charge in [0, 0.05) is 100 Å². The van der Waals surface area contributed by atoms with Gasteiger partial charge in [0.05, 0.1) is 122 Å². The predicted octanol–water partition coefficient (Wildman–Crippen LogP) is 24.8. The van der Waals surface area contributed by atoms with Crippen molar-refractivity contribution in [1.82, 2.24) is 46.9 Å². The number of para-hydroxylation sites is 9. The highest BCUT2D eigenvalue weighted by Crippen LogP contribution is 2.53. The van der Waals surface area contributed by atoms with Gasteiger partial charge in [-0.15, -0.1) is 0 Å². The van der Waals surface area contributed by atoms with Crippen LogP contribution in [0.15, 0.2) is 358 Å². The fraction of sp³-hybridized carbons (Fsp3) is 0. The number of rotatable bonds is 9. The molecule has 0 radical (unpaired) electrons. The molecule has 10 heterocycles. The number of pyridine rings is 3. The highest BCUT2D eigenvalue weighted by atomic mass is 15.2. The maximum atomic E-state index is 13.6. The molecule has 0 atom stereocenters. The summed E-state index contributed by atoms with van der Waals surface area (Å²) in [6.45, 7) is 0. The van der Waals surface area contributed by atoms with E-state index in [1.807, 2.05) is 30.7 Å². The van der Waals surface area contributed by atoms with Crippen LogP contribution in [0.4, 0.5) is 0 Å². The zero-order valence-corrected chi connectivity index (χ0v) is 59.5. The Bertz CT molecular complexity index is 7600. The summed E-state index contributed by atoms with van der Waals surface area (Å²) in [5, 5.41) is 25.3. The van der Waals surface area contributed by atoms with E-state index in [1.54, 1.807) is 0 Å². The molecule has 11 nitrogen and oxygen atoms in total. The third kappa shape index (κ3) is 8.41. The average molecular weight is 1410 g/mol. The van der Waals surface area contributed by atoms with Crippen LogP contribution in [0.1, 0.15) is 5.56 Å². The van der Waals surface area contributed by atoms with Gasteiger partial charge in [0.25, 0.3) is 0 Å². The summed E-state index contributed by atoms with van der Waals surface area (Å²) in [6.07, 6.45) is 5.66. The van der Waals surface area contributed by atoms with Gasteiger partial charge in [0.2, 0.25) is 0 Å². The number of benzene rings is 14. The molecule has 514 valence electrons. The van der Waals surface area contributed by atoms with Gasteiger partial charge < -0.3 is 32.0 Å². The molecule has 111 heavy (non-hydrogen) atoms. The Morgan fingerprint density at radius 3 is 0.847 bits per heavy atom. The normalized spacial score (nSPS) is 12.1. The second kappa shape index (κ2) is 23.3. The van der Waals surface area contributed by atoms with Crippen molar-refractivity contribution in [1.29, 1.82) is 5.26 Å². The lowest BCUT2D eigenvalue weighted by Gasteiger charge is -2.30. The number of aromatic nitrogens is 10. The van der Waals surface area contributed by atoms with E-state index in [-0.39, 0.29) is 0 Å². The van der Waals surface area contributed by atoms with Crippen molar-refractivity contribution in [3.8, 4) is 68.1 Å². The first-order chi connectivity index (χ1) is 55.1. The summed E-state index contributed by atoms with van der Waals surface area (Å²) < 4.78 is 17.0. The van der Waals surface area contributed by atoms with E-state index in [0.717, 1.165) is 182 Å². The van der Waals surface area contributed by atoms with Crippen LogP contribution in [0.25, 0.3) is 215 Å². The van der Waals surface area contributed by atoms with Crippen molar-refractivity contribution >= 4 is 153 Å². The van der Waals surface area contributed by atoms with E-state index in [0.29, 0.717) is 16.9 Å². The van der Waals surface area contributed by atoms with Gasteiger partial charge in [-0.2, -0.15) is 5.26 Å². The second-order valence-corrected chi connectivity index (χ2v) is 28.8. The van der Waals surface area contributed by atoms with E-state index in [4.69, 9.17) is 15.0 Å². The van der Waals surface area contributed by atoms with Crippen molar-refractivity contribution in [2.75, 3.05) is 0 Å². The molecule has 0 saturated carbocycles. The molecule has 0 saturated heterocycles. The summed E-state index contributed by atoms with van der Waals surface area (Å²) in [6, 6.07) is 126. The molecule has 0 aliphatic rings. The molecule has 24 rings (SSSR count). The summed E-state index contributed by atoms with van der Waals surface area (Å²) in [4.78, 5) is 15.9. The van der Waals surface area contributed by atoms with Gasteiger partial charge in [-0.25, -0.2) is 0 Å². The highest BCUT2D eigenvalue weighted by Gasteiger charge is 2.37. The van der Waals surface area contributed by atoms with Crippen LogP contribution in [0, 0.1) is 11.3 Å². The zero-order chi connectivity index (χ0) is 72.7. The molecule has 10 aromatic heterocycles. The Balaban J connectivity index is 0.935. The Morgan fingerprint density at radius 2 is 0.477 bits per heavy atom. The lowest BCUT2D eigenvalue weighted by molar-refractivity contribution is 0.991. The van der Waals surface area contributed by atoms with Gasteiger partial charge in [-0.1, -0.05) is 224 Å². The van der Waals surface area contributed by atoms with Crippen molar-refractivity contribution in [2.45, 2.75) is 0 Å². The van der Waals surface area contributed by atoms with Crippen molar-refractivity contribution in [2.24, 2.45) is 0 Å². The number of fused-ring (bicyclic) bond motifs is 21. The quantitative estimate of drug-likeness (QED) is 0.144. The molecule has 0 amide bonds. The molecule has 0 bridgehead atoms. The Hall–Kier alpha value is -15.4. The molecular weight excluding hydrogens is 1360 g/mol. The van der Waals surface area contributed by atoms with Gasteiger partial charge in [-0.05, 0) is 126 Å². The minimum atomic E-state index is 0.420. The van der Waals surface area contributed by atoms with Crippen LogP contribution in [0.3, 0.4) is 0 Å². The SMILES string of the molecule is N#Cc1c(-n2c3ccccc3c3ncccc32)c(-n2c3ccccc3c3cc(-n4c5ccccc5c5cccc(-c6ccccc6)c54)ccc32)c(-n2c3ccccc3c3ncccc32)c(-n2c3ccccc3c3cc(-n4c5ccccc5c5cccc(-c6ccccc6)c54)ccc32)c1-n1c2ccccc2c2ncccc21. The van der Waals surface area contributed by atoms with Crippen LogP contribution in [-0.2, 0) is 0 Å². The molecule has 0 aliphatic heterocycles. The standard InChI is InChI=1S/C100H59N11/c101-60-78-96(109-83-45-18-11-34-73(83)91-88(109)48-23-55-102-91)98(107-81-43-16-9-32-69(81)76-58-63(51-53-86(76)107)105-79-41-14-7-30-67(79)71-39-21-37-65(94(71)105)61-26-3-1-4-27-61)100(111-85-47-20-13-36-75(85)93-90(111)50-25-57-104-93)99(97(78)110-84-46-19-12-35-74(84)92-89(110)49-24-56-103-92)108-82-44-17-10-33-70(82)77-59-64(52-54-87(77)108)106-80-42-15-8-31-68(80)72-40-22-38-66(95(72)106)62-28-5-2-6-29-62/h1-59H. The fourth-order valence-corrected chi connectivity index (χ4v) is 18.9. The van der Waals surface area contributed by atoms with E-state index >= 15 is 0 Å². The number of nitriles is 1. The van der Waals surface area contributed by atoms with Gasteiger partial charge >= 0.3 is 0 Å². The van der Waals surface area contributed by atoms with E-state index in [1.165, 1.54) is 21.5 Å². The first kappa shape index (κ1) is 60.8. The number of nitrogens with zero attached hydrogens (tertiary/aromatic N) is 11.